The summed E-state index contributed by atoms with van der Waals surface area (Å²) >= 11 is 0. The molecule has 3 heterocycles. The van der Waals surface area contributed by atoms with Gasteiger partial charge in [0, 0.05) is 55.7 Å². The fourth-order valence-corrected chi connectivity index (χ4v) is 3.58. The van der Waals surface area contributed by atoms with Crippen LogP contribution in [-0.4, -0.2) is 35.4 Å². The lowest BCUT2D eigenvalue weighted by atomic mass is 9.96. The number of fused-ring (bicyclic) bond motifs is 1. The Labute approximate surface area is 143 Å². The first-order chi connectivity index (χ1) is 11.7. The number of nitrogens with zero attached hydrogens (tertiary/aromatic N) is 3. The van der Waals surface area contributed by atoms with Crippen LogP contribution in [0.1, 0.15) is 25.3 Å². The van der Waals surface area contributed by atoms with Crippen LogP contribution < -0.4 is 5.73 Å². The van der Waals surface area contributed by atoms with E-state index in [9.17, 15) is 0 Å². The predicted molar refractivity (Wildman–Crippen MR) is 95.9 cm³/mol. The number of nitrogen functional groups attached to an aromatic ring is 1. The van der Waals surface area contributed by atoms with E-state index in [4.69, 9.17) is 15.5 Å². The molecular weight excluding hydrogens is 300 g/mol. The second-order valence-electron chi connectivity index (χ2n) is 6.74. The number of nitrogens with two attached hydrogens (primary N) is 1. The van der Waals surface area contributed by atoms with Gasteiger partial charge in [-0.1, -0.05) is 12.1 Å². The lowest BCUT2D eigenvalue weighted by Gasteiger charge is -2.36. The van der Waals surface area contributed by atoms with Crippen LogP contribution >= 0.6 is 0 Å². The molecule has 4 rings (SSSR count). The molecule has 1 saturated heterocycles. The van der Waals surface area contributed by atoms with Crippen LogP contribution in [0.15, 0.2) is 53.1 Å². The Hall–Kier alpha value is -2.27. The van der Waals surface area contributed by atoms with Crippen molar-refractivity contribution in [3.8, 4) is 0 Å². The molecule has 2 N–H and O–H groups in total. The molecule has 1 atom stereocenters. The van der Waals surface area contributed by atoms with Gasteiger partial charge in [0.2, 0.25) is 0 Å². The Morgan fingerprint density at radius 2 is 1.92 bits per heavy atom. The molecule has 0 amide bonds. The summed E-state index contributed by atoms with van der Waals surface area (Å²) in [5.41, 5.74) is 10.2. The van der Waals surface area contributed by atoms with Crippen LogP contribution in [0.2, 0.25) is 0 Å². The number of ether oxygens (including phenoxy) is 1. The highest BCUT2D eigenvalue weighted by Crippen LogP contribution is 2.33. The van der Waals surface area contributed by atoms with Gasteiger partial charge in [-0.2, -0.15) is 0 Å². The minimum absolute atomic E-state index is 0.230. The monoisotopic (exact) mass is 324 g/mol. The molecule has 1 aromatic carbocycles. The molecular formula is C19H24N4O. The number of allylic oxidation sites excluding steroid dienone is 2. The molecule has 0 bridgehead atoms. The summed E-state index contributed by atoms with van der Waals surface area (Å²) in [6.07, 6.45) is 8.86. The second-order valence-corrected chi connectivity index (χ2v) is 6.74. The van der Waals surface area contributed by atoms with Crippen LogP contribution in [0.25, 0.3) is 0 Å². The molecule has 1 aromatic rings. The van der Waals surface area contributed by atoms with Crippen molar-refractivity contribution < 1.29 is 4.74 Å². The SMILES string of the molecule is CC1=CN2C(=CN1Cc1ccc(N)cc1)C=NC2C1CCOCC1. The first-order valence-corrected chi connectivity index (χ1v) is 8.61. The molecule has 3 aliphatic rings. The Bertz CT molecular complexity index is 686. The Morgan fingerprint density at radius 3 is 2.67 bits per heavy atom. The quantitative estimate of drug-likeness (QED) is 0.869. The fraction of sp³-hybridized carbons (Fsp3) is 0.421. The highest BCUT2D eigenvalue weighted by molar-refractivity contribution is 5.81. The van der Waals surface area contributed by atoms with Gasteiger partial charge in [-0.3, -0.25) is 4.99 Å². The Kier molecular flexibility index (Phi) is 4.02. The van der Waals surface area contributed by atoms with Crippen molar-refractivity contribution >= 4 is 11.9 Å². The normalized spacial score (nSPS) is 24.0. The van der Waals surface area contributed by atoms with Gasteiger partial charge >= 0.3 is 0 Å². The number of rotatable bonds is 3. The Morgan fingerprint density at radius 1 is 1.17 bits per heavy atom. The van der Waals surface area contributed by atoms with Crippen molar-refractivity contribution in [1.29, 1.82) is 0 Å². The third kappa shape index (κ3) is 2.91. The van der Waals surface area contributed by atoms with Gasteiger partial charge in [-0.25, -0.2) is 0 Å². The minimum Gasteiger partial charge on any atom is -0.399 e. The van der Waals surface area contributed by atoms with Crippen molar-refractivity contribution in [2.24, 2.45) is 10.9 Å². The molecule has 0 saturated carbocycles. The minimum atomic E-state index is 0.230. The maximum absolute atomic E-state index is 5.77. The van der Waals surface area contributed by atoms with Gasteiger partial charge in [0.05, 0.1) is 5.70 Å². The molecule has 5 heteroatoms. The smallest absolute Gasteiger partial charge is 0.128 e. The van der Waals surface area contributed by atoms with E-state index in [1.165, 1.54) is 17.0 Å². The summed E-state index contributed by atoms with van der Waals surface area (Å²) in [6, 6.07) is 8.08. The highest BCUT2D eigenvalue weighted by Gasteiger charge is 2.34. The summed E-state index contributed by atoms with van der Waals surface area (Å²) in [5, 5.41) is 0. The van der Waals surface area contributed by atoms with Gasteiger partial charge in [-0.15, -0.1) is 0 Å². The fourth-order valence-electron chi connectivity index (χ4n) is 3.58. The van der Waals surface area contributed by atoms with Crippen molar-refractivity contribution in [3.63, 3.8) is 0 Å². The van der Waals surface area contributed by atoms with E-state index in [0.717, 1.165) is 38.3 Å². The summed E-state index contributed by atoms with van der Waals surface area (Å²) in [7, 11) is 0. The van der Waals surface area contributed by atoms with Crippen molar-refractivity contribution in [2.75, 3.05) is 18.9 Å². The van der Waals surface area contributed by atoms with Gasteiger partial charge in [0.25, 0.3) is 0 Å². The van der Waals surface area contributed by atoms with Gasteiger partial charge in [0.1, 0.15) is 6.17 Å². The van der Waals surface area contributed by atoms with Gasteiger partial charge in [-0.05, 0) is 37.5 Å². The number of aliphatic imine (C=N–C) groups is 1. The van der Waals surface area contributed by atoms with E-state index in [0.29, 0.717) is 5.92 Å². The summed E-state index contributed by atoms with van der Waals surface area (Å²) in [5.74, 6) is 0.577. The molecule has 0 radical (unpaired) electrons. The summed E-state index contributed by atoms with van der Waals surface area (Å²) < 4.78 is 5.49. The molecule has 1 unspecified atom stereocenters. The molecule has 1 fully saturated rings. The van der Waals surface area contributed by atoms with E-state index in [-0.39, 0.29) is 6.17 Å². The zero-order valence-electron chi connectivity index (χ0n) is 14.1. The van der Waals surface area contributed by atoms with E-state index in [1.807, 2.05) is 18.3 Å². The lowest BCUT2D eigenvalue weighted by Crippen LogP contribution is -2.37. The average molecular weight is 324 g/mol. The predicted octanol–water partition coefficient (Wildman–Crippen LogP) is 2.93. The van der Waals surface area contributed by atoms with Crippen LogP contribution in [0.3, 0.4) is 0 Å². The van der Waals surface area contributed by atoms with E-state index in [1.54, 1.807) is 0 Å². The Balaban J connectivity index is 1.49. The van der Waals surface area contributed by atoms with Crippen molar-refractivity contribution in [3.05, 3.63) is 53.6 Å². The lowest BCUT2D eigenvalue weighted by molar-refractivity contribution is 0.0448. The highest BCUT2D eigenvalue weighted by atomic mass is 16.5. The first-order valence-electron chi connectivity index (χ1n) is 8.61. The summed E-state index contributed by atoms with van der Waals surface area (Å²) in [4.78, 5) is 9.38. The first kappa shape index (κ1) is 15.3. The number of anilines is 1. The average Bonchev–Trinajstić information content (AvgIpc) is 3.00. The molecule has 5 nitrogen and oxygen atoms in total. The summed E-state index contributed by atoms with van der Waals surface area (Å²) in [6.45, 7) is 4.71. The zero-order chi connectivity index (χ0) is 16.5. The number of benzene rings is 1. The zero-order valence-corrected chi connectivity index (χ0v) is 14.1. The second kappa shape index (κ2) is 6.32. The molecule has 126 valence electrons. The van der Waals surface area contributed by atoms with Gasteiger partial charge in [0.15, 0.2) is 0 Å². The third-order valence-electron chi connectivity index (χ3n) is 5.03. The molecule has 0 spiro atoms. The maximum Gasteiger partial charge on any atom is 0.128 e. The third-order valence-corrected chi connectivity index (χ3v) is 5.03. The van der Waals surface area contributed by atoms with Crippen LogP contribution in [0.4, 0.5) is 5.69 Å². The van der Waals surface area contributed by atoms with Crippen LogP contribution in [0.5, 0.6) is 0 Å². The van der Waals surface area contributed by atoms with E-state index < -0.39 is 0 Å². The van der Waals surface area contributed by atoms with Crippen LogP contribution in [0, 0.1) is 5.92 Å². The van der Waals surface area contributed by atoms with Gasteiger partial charge < -0.3 is 20.3 Å². The standard InChI is InChI=1S/C19H24N4O/c1-14-11-23-18(10-21-19(23)16-6-8-24-9-7-16)13-22(14)12-15-2-4-17(20)5-3-15/h2-5,10-11,13,16,19H,6-9,12,20H2,1H3. The maximum atomic E-state index is 5.77. The molecule has 24 heavy (non-hydrogen) atoms. The largest absolute Gasteiger partial charge is 0.399 e. The molecule has 0 aliphatic carbocycles. The van der Waals surface area contributed by atoms with E-state index >= 15 is 0 Å². The number of hydrogen-bond donors (Lipinski definition) is 1. The molecule has 0 aromatic heterocycles. The van der Waals surface area contributed by atoms with Crippen LogP contribution in [-0.2, 0) is 11.3 Å². The van der Waals surface area contributed by atoms with Crippen molar-refractivity contribution in [1.82, 2.24) is 9.80 Å². The van der Waals surface area contributed by atoms with Crippen molar-refractivity contribution in [2.45, 2.75) is 32.5 Å². The molecule has 3 aliphatic heterocycles. The topological polar surface area (TPSA) is 54.1 Å². The van der Waals surface area contributed by atoms with E-state index in [2.05, 4.69) is 41.3 Å². The number of hydrogen-bond acceptors (Lipinski definition) is 5.